The van der Waals surface area contributed by atoms with Crippen molar-refractivity contribution in [2.75, 3.05) is 5.73 Å². The molecule has 0 bridgehead atoms. The van der Waals surface area contributed by atoms with E-state index in [1.165, 1.54) is 12.1 Å². The number of nitro groups is 1. The molecular formula is C17H14N2O4. The van der Waals surface area contributed by atoms with Crippen molar-refractivity contribution in [3.05, 3.63) is 68.4 Å². The first kappa shape index (κ1) is 14.8. The van der Waals surface area contributed by atoms with Gasteiger partial charge in [-0.1, -0.05) is 19.1 Å². The number of non-ortho nitro benzene ring substituents is 1. The van der Waals surface area contributed by atoms with E-state index < -0.39 is 4.92 Å². The summed E-state index contributed by atoms with van der Waals surface area (Å²) in [7, 11) is 0. The Balaban J connectivity index is 2.35. The third-order valence-electron chi connectivity index (χ3n) is 3.64. The highest BCUT2D eigenvalue weighted by Gasteiger charge is 2.19. The molecule has 116 valence electrons. The van der Waals surface area contributed by atoms with Crippen molar-refractivity contribution < 1.29 is 9.34 Å². The molecule has 0 unspecified atom stereocenters. The predicted octanol–water partition coefficient (Wildman–Crippen LogP) is 3.51. The third-order valence-corrected chi connectivity index (χ3v) is 3.64. The van der Waals surface area contributed by atoms with Crippen molar-refractivity contribution in [2.24, 2.45) is 0 Å². The fraction of sp³-hybridized carbons (Fsp3) is 0.118. The zero-order chi connectivity index (χ0) is 16.6. The van der Waals surface area contributed by atoms with Crippen molar-refractivity contribution >= 4 is 22.3 Å². The van der Waals surface area contributed by atoms with E-state index in [4.69, 9.17) is 10.2 Å². The number of rotatable bonds is 3. The molecule has 0 amide bonds. The molecule has 0 spiro atoms. The van der Waals surface area contributed by atoms with Crippen LogP contribution in [0.4, 0.5) is 11.4 Å². The largest absolute Gasteiger partial charge is 0.449 e. The van der Waals surface area contributed by atoms with E-state index in [2.05, 4.69) is 0 Å². The molecule has 0 fully saturated rings. The zero-order valence-electron chi connectivity index (χ0n) is 12.4. The molecule has 0 aliphatic rings. The lowest BCUT2D eigenvalue weighted by Crippen LogP contribution is -2.03. The highest BCUT2D eigenvalue weighted by molar-refractivity contribution is 5.87. The summed E-state index contributed by atoms with van der Waals surface area (Å²) in [6.07, 6.45) is 0.590. The van der Waals surface area contributed by atoms with E-state index in [-0.39, 0.29) is 27.8 Å². The lowest BCUT2D eigenvalue weighted by atomic mass is 10.1. The number of fused-ring (bicyclic) bond motifs is 1. The second kappa shape index (κ2) is 5.57. The number of nitrogens with zero attached hydrogens (tertiary/aromatic N) is 1. The molecule has 1 heterocycles. The summed E-state index contributed by atoms with van der Waals surface area (Å²) in [5, 5.41) is 11.5. The lowest BCUT2D eigenvalue weighted by molar-refractivity contribution is -0.383. The van der Waals surface area contributed by atoms with Gasteiger partial charge in [0.25, 0.3) is 0 Å². The van der Waals surface area contributed by atoms with Gasteiger partial charge >= 0.3 is 5.69 Å². The summed E-state index contributed by atoms with van der Waals surface area (Å²) in [6.45, 7) is 1.87. The molecule has 2 aromatic carbocycles. The van der Waals surface area contributed by atoms with E-state index in [0.717, 1.165) is 0 Å². The van der Waals surface area contributed by atoms with Gasteiger partial charge in [0.2, 0.25) is 5.58 Å². The molecule has 6 heteroatoms. The highest BCUT2D eigenvalue weighted by Crippen LogP contribution is 2.30. The van der Waals surface area contributed by atoms with Crippen molar-refractivity contribution in [1.82, 2.24) is 0 Å². The van der Waals surface area contributed by atoms with Crippen LogP contribution >= 0.6 is 0 Å². The number of nitrogen functional groups attached to an aromatic ring is 1. The molecule has 3 rings (SSSR count). The minimum atomic E-state index is -0.534. The summed E-state index contributed by atoms with van der Waals surface area (Å²) in [6, 6.07) is 11.2. The van der Waals surface area contributed by atoms with Crippen LogP contribution in [0, 0.1) is 10.1 Å². The Labute approximate surface area is 131 Å². The fourth-order valence-corrected chi connectivity index (χ4v) is 2.47. The second-order valence-corrected chi connectivity index (χ2v) is 5.20. The Morgan fingerprint density at radius 3 is 2.65 bits per heavy atom. The Morgan fingerprint density at radius 1 is 1.22 bits per heavy atom. The van der Waals surface area contributed by atoms with Gasteiger partial charge in [0.1, 0.15) is 5.76 Å². The van der Waals surface area contributed by atoms with E-state index in [1.54, 1.807) is 30.3 Å². The smallest absolute Gasteiger partial charge is 0.312 e. The molecule has 1 aromatic heterocycles. The molecular weight excluding hydrogens is 296 g/mol. The molecule has 6 nitrogen and oxygen atoms in total. The van der Waals surface area contributed by atoms with Crippen molar-refractivity contribution in [2.45, 2.75) is 13.3 Å². The normalized spacial score (nSPS) is 10.8. The topological polar surface area (TPSA) is 99.4 Å². The van der Waals surface area contributed by atoms with Crippen LogP contribution in [0.1, 0.15) is 12.5 Å². The lowest BCUT2D eigenvalue weighted by Gasteiger charge is -2.06. The van der Waals surface area contributed by atoms with Gasteiger partial charge in [0.15, 0.2) is 5.43 Å². The first-order valence-electron chi connectivity index (χ1n) is 7.10. The molecule has 0 radical (unpaired) electrons. The predicted molar refractivity (Wildman–Crippen MR) is 88.4 cm³/mol. The molecule has 0 atom stereocenters. The van der Waals surface area contributed by atoms with Gasteiger partial charge in [-0.15, -0.1) is 0 Å². The maximum atomic E-state index is 12.4. The van der Waals surface area contributed by atoms with Gasteiger partial charge in [-0.25, -0.2) is 0 Å². The number of benzene rings is 2. The first-order chi connectivity index (χ1) is 11.0. The zero-order valence-corrected chi connectivity index (χ0v) is 12.4. The average Bonchev–Trinajstić information content (AvgIpc) is 2.53. The van der Waals surface area contributed by atoms with Crippen molar-refractivity contribution in [3.63, 3.8) is 0 Å². The van der Waals surface area contributed by atoms with Crippen LogP contribution in [-0.2, 0) is 6.42 Å². The van der Waals surface area contributed by atoms with Gasteiger partial charge in [-0.3, -0.25) is 14.9 Å². The Kier molecular flexibility index (Phi) is 3.57. The van der Waals surface area contributed by atoms with Crippen LogP contribution in [0.25, 0.3) is 22.3 Å². The molecule has 2 N–H and O–H groups in total. The third kappa shape index (κ3) is 2.66. The maximum absolute atomic E-state index is 12.4. The summed E-state index contributed by atoms with van der Waals surface area (Å²) < 4.78 is 5.68. The number of anilines is 1. The van der Waals surface area contributed by atoms with Crippen LogP contribution in [-0.4, -0.2) is 4.92 Å². The van der Waals surface area contributed by atoms with Gasteiger partial charge in [-0.2, -0.15) is 0 Å². The van der Waals surface area contributed by atoms with Gasteiger partial charge in [0, 0.05) is 23.4 Å². The first-order valence-corrected chi connectivity index (χ1v) is 7.10. The number of nitrogens with two attached hydrogens (primary N) is 1. The van der Waals surface area contributed by atoms with Gasteiger partial charge in [0.05, 0.1) is 10.3 Å². The van der Waals surface area contributed by atoms with Crippen molar-refractivity contribution in [1.29, 1.82) is 0 Å². The SMILES string of the molecule is CCc1cc([N+](=O)[O-])c2oc(-c3cccc(N)c3)cc(=O)c2c1. The Bertz CT molecular complexity index is 976. The fourth-order valence-electron chi connectivity index (χ4n) is 2.47. The molecule has 0 aliphatic heterocycles. The Morgan fingerprint density at radius 2 is 2.00 bits per heavy atom. The Hall–Kier alpha value is -3.15. The number of hydrogen-bond acceptors (Lipinski definition) is 5. The second-order valence-electron chi connectivity index (χ2n) is 5.20. The molecule has 3 aromatic rings. The van der Waals surface area contributed by atoms with Crippen LogP contribution in [0.5, 0.6) is 0 Å². The van der Waals surface area contributed by atoms with E-state index in [1.807, 2.05) is 6.92 Å². The molecule has 0 saturated heterocycles. The molecule has 0 saturated carbocycles. The summed E-state index contributed by atoms with van der Waals surface area (Å²) in [5.74, 6) is 0.252. The minimum Gasteiger partial charge on any atom is -0.449 e. The van der Waals surface area contributed by atoms with Crippen LogP contribution in [0.15, 0.2) is 51.7 Å². The summed E-state index contributed by atoms with van der Waals surface area (Å²) >= 11 is 0. The van der Waals surface area contributed by atoms with E-state index in [9.17, 15) is 14.9 Å². The summed E-state index contributed by atoms with van der Waals surface area (Å²) in [4.78, 5) is 23.2. The van der Waals surface area contributed by atoms with Gasteiger partial charge in [-0.05, 0) is 30.2 Å². The average molecular weight is 310 g/mol. The molecule has 23 heavy (non-hydrogen) atoms. The summed E-state index contributed by atoms with van der Waals surface area (Å²) in [5.41, 5.74) is 7.02. The van der Waals surface area contributed by atoms with Crippen LogP contribution < -0.4 is 11.2 Å². The maximum Gasteiger partial charge on any atom is 0.312 e. The van der Waals surface area contributed by atoms with Crippen LogP contribution in [0.3, 0.4) is 0 Å². The van der Waals surface area contributed by atoms with Gasteiger partial charge < -0.3 is 10.2 Å². The molecule has 0 aliphatic carbocycles. The van der Waals surface area contributed by atoms with Crippen molar-refractivity contribution in [3.8, 4) is 11.3 Å². The van der Waals surface area contributed by atoms with E-state index in [0.29, 0.717) is 23.2 Å². The highest BCUT2D eigenvalue weighted by atomic mass is 16.6. The van der Waals surface area contributed by atoms with Crippen LogP contribution in [0.2, 0.25) is 0 Å². The standard InChI is InChI=1S/C17H14N2O4/c1-2-10-6-13-15(20)9-16(11-4-3-5-12(18)8-11)23-17(13)14(7-10)19(21)22/h3-9H,2,18H2,1H3. The van der Waals surface area contributed by atoms with E-state index >= 15 is 0 Å². The number of nitro benzene ring substituents is 1. The monoisotopic (exact) mass is 310 g/mol. The minimum absolute atomic E-state index is 0.0166. The number of aryl methyl sites for hydroxylation is 1. The quantitative estimate of drug-likeness (QED) is 0.453. The number of hydrogen-bond donors (Lipinski definition) is 1.